The van der Waals surface area contributed by atoms with Gasteiger partial charge in [0.15, 0.2) is 0 Å². The van der Waals surface area contributed by atoms with E-state index in [9.17, 15) is 0 Å². The third-order valence-corrected chi connectivity index (χ3v) is 2.19. The lowest BCUT2D eigenvalue weighted by atomic mass is 10.1. The van der Waals surface area contributed by atoms with Gasteiger partial charge in [-0.2, -0.15) is 0 Å². The fraction of sp³-hybridized carbons (Fsp3) is 0.273. The fourth-order valence-corrected chi connectivity index (χ4v) is 1.56. The first-order valence-electron chi connectivity index (χ1n) is 4.33. The van der Waals surface area contributed by atoms with Crippen molar-refractivity contribution in [2.45, 2.75) is 13.0 Å². The summed E-state index contributed by atoms with van der Waals surface area (Å²) in [5.74, 6) is 0. The van der Waals surface area contributed by atoms with Crippen LogP contribution in [-0.4, -0.2) is 6.54 Å². The molecule has 1 nitrogen and oxygen atoms in total. The maximum atomic E-state index is 3.39. The highest BCUT2D eigenvalue weighted by atomic mass is 14.9. The number of nitrogens with one attached hydrogen (secondary N) is 1. The van der Waals surface area contributed by atoms with Crippen molar-refractivity contribution in [3.8, 4) is 0 Å². The Morgan fingerprint density at radius 1 is 1.42 bits per heavy atom. The Morgan fingerprint density at radius 3 is 3.00 bits per heavy atom. The van der Waals surface area contributed by atoms with E-state index in [2.05, 4.69) is 48.7 Å². The van der Waals surface area contributed by atoms with Gasteiger partial charge in [-0.15, -0.1) is 0 Å². The summed E-state index contributed by atoms with van der Waals surface area (Å²) in [7, 11) is 0. The topological polar surface area (TPSA) is 12.0 Å². The summed E-state index contributed by atoms with van der Waals surface area (Å²) >= 11 is 0. The molecule has 0 aromatic heterocycles. The highest BCUT2D eigenvalue weighted by Crippen LogP contribution is 2.18. The summed E-state index contributed by atoms with van der Waals surface area (Å²) in [6.45, 7) is 3.13. The zero-order valence-electron chi connectivity index (χ0n) is 7.25. The summed E-state index contributed by atoms with van der Waals surface area (Å²) in [6, 6.07) is 9.07. The molecule has 0 radical (unpaired) electrons. The molecule has 12 heavy (non-hydrogen) atoms. The van der Waals surface area contributed by atoms with Crippen molar-refractivity contribution in [3.05, 3.63) is 47.5 Å². The van der Waals surface area contributed by atoms with E-state index >= 15 is 0 Å². The van der Waals surface area contributed by atoms with Gasteiger partial charge in [0.25, 0.3) is 0 Å². The van der Waals surface area contributed by atoms with Gasteiger partial charge in [-0.3, -0.25) is 0 Å². The van der Waals surface area contributed by atoms with Crippen LogP contribution in [0.3, 0.4) is 0 Å². The van der Waals surface area contributed by atoms with E-state index in [1.807, 2.05) is 0 Å². The van der Waals surface area contributed by atoms with E-state index in [1.165, 1.54) is 11.1 Å². The predicted molar refractivity (Wildman–Crippen MR) is 51.1 cm³/mol. The molecular weight excluding hydrogens is 146 g/mol. The van der Waals surface area contributed by atoms with E-state index in [0.717, 1.165) is 6.54 Å². The second kappa shape index (κ2) is 3.11. The molecule has 2 rings (SSSR count). The summed E-state index contributed by atoms with van der Waals surface area (Å²) in [6.07, 6.45) is 4.39. The molecule has 0 aliphatic carbocycles. The Bertz CT molecular complexity index is 302. The van der Waals surface area contributed by atoms with Gasteiger partial charge in [-0.25, -0.2) is 0 Å². The van der Waals surface area contributed by atoms with E-state index in [0.29, 0.717) is 6.04 Å². The SMILES string of the molecule is Cc1cccc(C2C=CCN2)c1. The van der Waals surface area contributed by atoms with Crippen LogP contribution in [0.25, 0.3) is 0 Å². The molecular formula is C11H13N. The number of hydrogen-bond donors (Lipinski definition) is 1. The van der Waals surface area contributed by atoms with Crippen LogP contribution < -0.4 is 5.32 Å². The van der Waals surface area contributed by atoms with Gasteiger partial charge in [0.05, 0.1) is 6.04 Å². The van der Waals surface area contributed by atoms with Crippen LogP contribution in [0.2, 0.25) is 0 Å². The van der Waals surface area contributed by atoms with E-state index in [1.54, 1.807) is 0 Å². The third kappa shape index (κ3) is 1.41. The molecule has 1 heterocycles. The zero-order valence-corrected chi connectivity index (χ0v) is 7.25. The Morgan fingerprint density at radius 2 is 2.33 bits per heavy atom. The lowest BCUT2D eigenvalue weighted by Crippen LogP contribution is -2.13. The molecule has 1 atom stereocenters. The minimum absolute atomic E-state index is 0.435. The maximum absolute atomic E-state index is 3.39. The normalized spacial score (nSPS) is 21.6. The molecule has 1 aromatic rings. The molecule has 1 aliphatic heterocycles. The minimum Gasteiger partial charge on any atom is -0.303 e. The molecule has 62 valence electrons. The van der Waals surface area contributed by atoms with Crippen LogP contribution >= 0.6 is 0 Å². The second-order valence-corrected chi connectivity index (χ2v) is 3.23. The molecule has 0 saturated carbocycles. The quantitative estimate of drug-likeness (QED) is 0.619. The first kappa shape index (κ1) is 7.56. The van der Waals surface area contributed by atoms with Crippen molar-refractivity contribution >= 4 is 0 Å². The fourth-order valence-electron chi connectivity index (χ4n) is 1.56. The number of hydrogen-bond acceptors (Lipinski definition) is 1. The largest absolute Gasteiger partial charge is 0.303 e. The maximum Gasteiger partial charge on any atom is 0.0509 e. The molecule has 0 bridgehead atoms. The number of rotatable bonds is 1. The first-order valence-corrected chi connectivity index (χ1v) is 4.33. The molecule has 0 saturated heterocycles. The van der Waals surface area contributed by atoms with Crippen molar-refractivity contribution in [1.82, 2.24) is 5.32 Å². The molecule has 1 heteroatoms. The van der Waals surface area contributed by atoms with Crippen molar-refractivity contribution in [1.29, 1.82) is 0 Å². The standard InChI is InChI=1S/C11H13N/c1-9-4-2-5-10(8-9)11-6-3-7-12-11/h2-6,8,11-12H,7H2,1H3. The summed E-state index contributed by atoms with van der Waals surface area (Å²) in [5, 5.41) is 3.39. The van der Waals surface area contributed by atoms with Gasteiger partial charge in [0, 0.05) is 6.54 Å². The zero-order chi connectivity index (χ0) is 8.39. The number of benzene rings is 1. The van der Waals surface area contributed by atoms with Gasteiger partial charge in [0.1, 0.15) is 0 Å². The van der Waals surface area contributed by atoms with E-state index in [4.69, 9.17) is 0 Å². The highest BCUT2D eigenvalue weighted by molar-refractivity contribution is 5.29. The highest BCUT2D eigenvalue weighted by Gasteiger charge is 2.09. The van der Waals surface area contributed by atoms with Crippen LogP contribution in [0.4, 0.5) is 0 Å². The monoisotopic (exact) mass is 159 g/mol. The van der Waals surface area contributed by atoms with Crippen molar-refractivity contribution < 1.29 is 0 Å². The van der Waals surface area contributed by atoms with Crippen molar-refractivity contribution in [2.75, 3.05) is 6.54 Å². The lowest BCUT2D eigenvalue weighted by molar-refractivity contribution is 0.712. The van der Waals surface area contributed by atoms with Crippen LogP contribution in [0.5, 0.6) is 0 Å². The Balaban J connectivity index is 2.27. The predicted octanol–water partition coefficient (Wildman–Crippen LogP) is 2.20. The molecule has 0 amide bonds. The Labute approximate surface area is 73.1 Å². The molecule has 1 aliphatic rings. The molecule has 1 unspecified atom stereocenters. The lowest BCUT2D eigenvalue weighted by Gasteiger charge is -2.09. The first-order chi connectivity index (χ1) is 5.86. The molecule has 1 aromatic carbocycles. The average molecular weight is 159 g/mol. The van der Waals surface area contributed by atoms with E-state index < -0.39 is 0 Å². The molecule has 0 spiro atoms. The summed E-state index contributed by atoms with van der Waals surface area (Å²) < 4.78 is 0. The summed E-state index contributed by atoms with van der Waals surface area (Å²) in [4.78, 5) is 0. The third-order valence-electron chi connectivity index (χ3n) is 2.19. The van der Waals surface area contributed by atoms with Gasteiger partial charge in [-0.05, 0) is 12.5 Å². The van der Waals surface area contributed by atoms with Crippen LogP contribution in [0, 0.1) is 6.92 Å². The molecule has 1 N–H and O–H groups in total. The van der Waals surface area contributed by atoms with Gasteiger partial charge >= 0.3 is 0 Å². The van der Waals surface area contributed by atoms with Gasteiger partial charge in [0.2, 0.25) is 0 Å². The smallest absolute Gasteiger partial charge is 0.0509 e. The summed E-state index contributed by atoms with van der Waals surface area (Å²) in [5.41, 5.74) is 2.69. The van der Waals surface area contributed by atoms with Crippen LogP contribution in [0.1, 0.15) is 17.2 Å². The van der Waals surface area contributed by atoms with Crippen molar-refractivity contribution in [3.63, 3.8) is 0 Å². The van der Waals surface area contributed by atoms with E-state index in [-0.39, 0.29) is 0 Å². The Hall–Kier alpha value is -1.08. The second-order valence-electron chi connectivity index (χ2n) is 3.23. The minimum atomic E-state index is 0.435. The van der Waals surface area contributed by atoms with Crippen molar-refractivity contribution in [2.24, 2.45) is 0 Å². The number of aryl methyl sites for hydroxylation is 1. The van der Waals surface area contributed by atoms with Gasteiger partial charge in [-0.1, -0.05) is 42.0 Å². The van der Waals surface area contributed by atoms with Gasteiger partial charge < -0.3 is 5.32 Å². The van der Waals surface area contributed by atoms with Crippen LogP contribution in [-0.2, 0) is 0 Å². The average Bonchev–Trinajstić information content (AvgIpc) is 2.56. The van der Waals surface area contributed by atoms with Crippen LogP contribution in [0.15, 0.2) is 36.4 Å². The molecule has 0 fully saturated rings. The Kier molecular flexibility index (Phi) is 1.96.